The molecule has 1 amide bonds. The molecule has 1 fully saturated rings. The Morgan fingerprint density at radius 1 is 1.46 bits per heavy atom. The number of benzene rings is 1. The first-order valence-corrected chi connectivity index (χ1v) is 9.91. The number of nitro groups is 1. The molecule has 0 bridgehead atoms. The Morgan fingerprint density at radius 3 is 2.96 bits per heavy atom. The third-order valence-electron chi connectivity index (χ3n) is 4.49. The lowest BCUT2D eigenvalue weighted by molar-refractivity contribution is -0.384. The van der Waals surface area contributed by atoms with Crippen molar-refractivity contribution in [1.82, 2.24) is 4.90 Å². The molecule has 0 unspecified atom stereocenters. The summed E-state index contributed by atoms with van der Waals surface area (Å²) in [4.78, 5) is 26.6. The number of amides is 1. The highest BCUT2D eigenvalue weighted by Crippen LogP contribution is 2.29. The molecular formula is C19H23N3O5S. The average Bonchev–Trinajstić information content (AvgIpc) is 3.36. The summed E-state index contributed by atoms with van der Waals surface area (Å²) < 4.78 is 10.7. The first kappa shape index (κ1) is 20.2. The third kappa shape index (κ3) is 5.51. The van der Waals surface area contributed by atoms with Gasteiger partial charge in [0.05, 0.1) is 30.7 Å². The highest BCUT2D eigenvalue weighted by atomic mass is 32.1. The van der Waals surface area contributed by atoms with Crippen molar-refractivity contribution in [2.45, 2.75) is 25.5 Å². The standard InChI is InChI=1S/C19H23N3O5S/c1-26-14-6-7-17(18(10-14)22(24)25)20-19(23)13-21(11-15-4-2-8-27-15)12-16-5-3-9-28-16/h3,5-7,9-10,15H,2,4,8,11-13H2,1H3,(H,20,23)/t15-/m0/s1. The molecule has 1 aromatic heterocycles. The SMILES string of the molecule is COc1ccc(NC(=O)CN(Cc2cccs2)C[C@@H]2CCCO2)c([N+](=O)[O-])c1. The van der Waals surface area contributed by atoms with Crippen molar-refractivity contribution >= 4 is 28.6 Å². The minimum Gasteiger partial charge on any atom is -0.496 e. The van der Waals surface area contributed by atoms with Gasteiger partial charge in [0.15, 0.2) is 0 Å². The molecule has 1 N–H and O–H groups in total. The third-order valence-corrected chi connectivity index (χ3v) is 5.35. The number of methoxy groups -OCH3 is 1. The minimum absolute atomic E-state index is 0.114. The molecule has 1 saturated heterocycles. The molecule has 1 aliphatic heterocycles. The second-order valence-electron chi connectivity index (χ2n) is 6.57. The molecule has 2 heterocycles. The Kier molecular flexibility index (Phi) is 6.96. The number of rotatable bonds is 9. The van der Waals surface area contributed by atoms with E-state index in [1.165, 1.54) is 19.2 Å². The average molecular weight is 405 g/mol. The van der Waals surface area contributed by atoms with Crippen molar-refractivity contribution in [2.24, 2.45) is 0 Å². The molecule has 2 aromatic rings. The quantitative estimate of drug-likeness (QED) is 0.508. The van der Waals surface area contributed by atoms with E-state index in [4.69, 9.17) is 9.47 Å². The molecule has 1 atom stereocenters. The van der Waals surface area contributed by atoms with Gasteiger partial charge in [-0.05, 0) is 36.4 Å². The van der Waals surface area contributed by atoms with Crippen molar-refractivity contribution in [3.63, 3.8) is 0 Å². The maximum Gasteiger partial charge on any atom is 0.296 e. The van der Waals surface area contributed by atoms with Crippen molar-refractivity contribution in [3.8, 4) is 5.75 Å². The van der Waals surface area contributed by atoms with E-state index in [1.807, 2.05) is 22.4 Å². The van der Waals surface area contributed by atoms with Gasteiger partial charge in [-0.1, -0.05) is 6.07 Å². The van der Waals surface area contributed by atoms with Crippen molar-refractivity contribution in [2.75, 3.05) is 32.1 Å². The summed E-state index contributed by atoms with van der Waals surface area (Å²) in [5.74, 6) is 0.0604. The van der Waals surface area contributed by atoms with Crippen LogP contribution in [0.15, 0.2) is 35.7 Å². The van der Waals surface area contributed by atoms with Gasteiger partial charge in [0.1, 0.15) is 11.4 Å². The highest BCUT2D eigenvalue weighted by Gasteiger charge is 2.23. The van der Waals surface area contributed by atoms with E-state index in [2.05, 4.69) is 5.32 Å². The molecular weight excluding hydrogens is 382 g/mol. The summed E-state index contributed by atoms with van der Waals surface area (Å²) in [6.45, 7) is 2.16. The van der Waals surface area contributed by atoms with Gasteiger partial charge in [-0.15, -0.1) is 11.3 Å². The number of hydrogen-bond acceptors (Lipinski definition) is 7. The topological polar surface area (TPSA) is 93.9 Å². The number of nitrogens with one attached hydrogen (secondary N) is 1. The summed E-state index contributed by atoms with van der Waals surface area (Å²) in [5, 5.41) is 16.0. The van der Waals surface area contributed by atoms with Gasteiger partial charge in [0.25, 0.3) is 5.69 Å². The zero-order chi connectivity index (χ0) is 19.9. The Bertz CT molecular complexity index is 806. The van der Waals surface area contributed by atoms with Gasteiger partial charge in [-0.3, -0.25) is 19.8 Å². The fourth-order valence-electron chi connectivity index (χ4n) is 3.17. The van der Waals surface area contributed by atoms with Crippen LogP contribution >= 0.6 is 11.3 Å². The number of hydrogen-bond donors (Lipinski definition) is 1. The second-order valence-corrected chi connectivity index (χ2v) is 7.60. The van der Waals surface area contributed by atoms with Gasteiger partial charge in [-0.25, -0.2) is 0 Å². The number of nitro benzene ring substituents is 1. The monoisotopic (exact) mass is 405 g/mol. The number of nitrogens with zero attached hydrogens (tertiary/aromatic N) is 2. The maximum absolute atomic E-state index is 12.6. The fourth-order valence-corrected chi connectivity index (χ4v) is 3.92. The van der Waals surface area contributed by atoms with Crippen LogP contribution in [0.3, 0.4) is 0 Å². The van der Waals surface area contributed by atoms with Gasteiger partial charge in [0, 0.05) is 24.6 Å². The highest BCUT2D eigenvalue weighted by molar-refractivity contribution is 7.09. The minimum atomic E-state index is -0.534. The van der Waals surface area contributed by atoms with Gasteiger partial charge in [-0.2, -0.15) is 0 Å². The molecule has 3 rings (SSSR count). The molecule has 0 spiro atoms. The number of carbonyl (C=O) groups excluding carboxylic acids is 1. The predicted octanol–water partition coefficient (Wildman–Crippen LogP) is 3.28. The van der Waals surface area contributed by atoms with E-state index in [0.717, 1.165) is 24.3 Å². The van der Waals surface area contributed by atoms with Gasteiger partial charge in [0.2, 0.25) is 5.91 Å². The van der Waals surface area contributed by atoms with Crippen LogP contribution < -0.4 is 10.1 Å². The zero-order valence-corrected chi connectivity index (χ0v) is 16.4. The van der Waals surface area contributed by atoms with Crippen molar-refractivity contribution < 1.29 is 19.2 Å². The molecule has 0 radical (unpaired) electrons. The summed E-state index contributed by atoms with van der Waals surface area (Å²) in [7, 11) is 1.44. The second kappa shape index (κ2) is 9.63. The number of thiophene rings is 1. The first-order valence-electron chi connectivity index (χ1n) is 9.04. The molecule has 28 heavy (non-hydrogen) atoms. The summed E-state index contributed by atoms with van der Waals surface area (Å²) in [6.07, 6.45) is 2.12. The maximum atomic E-state index is 12.6. The van der Waals surface area contributed by atoms with Gasteiger partial charge < -0.3 is 14.8 Å². The number of anilines is 1. The molecule has 150 valence electrons. The zero-order valence-electron chi connectivity index (χ0n) is 15.6. The van der Waals surface area contributed by atoms with E-state index in [9.17, 15) is 14.9 Å². The predicted molar refractivity (Wildman–Crippen MR) is 107 cm³/mol. The Morgan fingerprint density at radius 2 is 2.32 bits per heavy atom. The largest absolute Gasteiger partial charge is 0.496 e. The van der Waals surface area contributed by atoms with Crippen molar-refractivity contribution in [1.29, 1.82) is 0 Å². The van der Waals surface area contributed by atoms with Crippen LogP contribution in [0.1, 0.15) is 17.7 Å². The van der Waals surface area contributed by atoms with E-state index >= 15 is 0 Å². The van der Waals surface area contributed by atoms with E-state index in [-0.39, 0.29) is 29.9 Å². The molecule has 1 aromatic carbocycles. The van der Waals surface area contributed by atoms with Crippen LogP contribution in [0.25, 0.3) is 0 Å². The fraction of sp³-hybridized carbons (Fsp3) is 0.421. The van der Waals surface area contributed by atoms with Crippen LogP contribution in [0, 0.1) is 10.1 Å². The lowest BCUT2D eigenvalue weighted by Crippen LogP contribution is -2.37. The number of carbonyl (C=O) groups is 1. The smallest absolute Gasteiger partial charge is 0.296 e. The van der Waals surface area contributed by atoms with Crippen LogP contribution in [-0.4, -0.2) is 48.6 Å². The Balaban J connectivity index is 1.68. The Labute approximate surface area is 167 Å². The lowest BCUT2D eigenvalue weighted by Gasteiger charge is -2.24. The van der Waals surface area contributed by atoms with Crippen LogP contribution in [0.2, 0.25) is 0 Å². The first-order chi connectivity index (χ1) is 13.5. The normalized spacial score (nSPS) is 16.3. The Hall–Kier alpha value is -2.49. The van der Waals surface area contributed by atoms with Gasteiger partial charge >= 0.3 is 0 Å². The van der Waals surface area contributed by atoms with E-state index < -0.39 is 4.92 Å². The van der Waals surface area contributed by atoms with Crippen LogP contribution in [-0.2, 0) is 16.1 Å². The number of ether oxygens (including phenoxy) is 2. The summed E-state index contributed by atoms with van der Waals surface area (Å²) in [5.41, 5.74) is -0.0411. The van der Waals surface area contributed by atoms with E-state index in [0.29, 0.717) is 18.8 Å². The molecule has 0 aliphatic carbocycles. The van der Waals surface area contributed by atoms with Crippen LogP contribution in [0.4, 0.5) is 11.4 Å². The lowest BCUT2D eigenvalue weighted by atomic mass is 10.2. The van der Waals surface area contributed by atoms with E-state index in [1.54, 1.807) is 17.4 Å². The summed E-state index contributed by atoms with van der Waals surface area (Å²) >= 11 is 1.63. The molecule has 1 aliphatic rings. The van der Waals surface area contributed by atoms with Crippen LogP contribution in [0.5, 0.6) is 5.75 Å². The van der Waals surface area contributed by atoms with Crippen molar-refractivity contribution in [3.05, 3.63) is 50.7 Å². The summed E-state index contributed by atoms with van der Waals surface area (Å²) in [6, 6.07) is 8.37. The molecule has 0 saturated carbocycles. The molecule has 9 heteroatoms. The molecule has 8 nitrogen and oxygen atoms in total.